The third-order valence-electron chi connectivity index (χ3n) is 4.76. The molecule has 0 bridgehead atoms. The number of hydrogen-bond acceptors (Lipinski definition) is 3. The first-order valence-electron chi connectivity index (χ1n) is 8.73. The van der Waals surface area contributed by atoms with Crippen LogP contribution >= 0.6 is 23.2 Å². The van der Waals surface area contributed by atoms with Crippen molar-refractivity contribution in [2.24, 2.45) is 0 Å². The summed E-state index contributed by atoms with van der Waals surface area (Å²) in [6.45, 7) is 6.85. The zero-order valence-corrected chi connectivity index (χ0v) is 17.4. The van der Waals surface area contributed by atoms with E-state index in [0.717, 1.165) is 4.90 Å². The lowest BCUT2D eigenvalue weighted by molar-refractivity contribution is -0.157. The number of likely N-dealkylation sites (tertiary alicyclic amines) is 1. The highest BCUT2D eigenvalue weighted by Gasteiger charge is 2.62. The van der Waals surface area contributed by atoms with Crippen LogP contribution in [0.5, 0.6) is 0 Å². The van der Waals surface area contributed by atoms with Crippen molar-refractivity contribution in [3.05, 3.63) is 69.5 Å². The molecule has 1 fully saturated rings. The van der Waals surface area contributed by atoms with Crippen LogP contribution in [0.3, 0.4) is 0 Å². The largest absolute Gasteiger partial charge is 0.443 e. The number of nitrogens with zero attached hydrogens (tertiary/aromatic N) is 1. The van der Waals surface area contributed by atoms with Gasteiger partial charge in [-0.05, 0) is 63.1 Å². The van der Waals surface area contributed by atoms with Crippen molar-refractivity contribution in [2.75, 3.05) is 0 Å². The molecule has 0 aromatic heterocycles. The lowest BCUT2D eigenvalue weighted by Crippen LogP contribution is -2.66. The summed E-state index contributed by atoms with van der Waals surface area (Å²) < 4.78 is 19.5. The van der Waals surface area contributed by atoms with E-state index in [1.165, 1.54) is 12.1 Å². The van der Waals surface area contributed by atoms with Gasteiger partial charge in [0.05, 0.1) is 16.5 Å². The Morgan fingerprint density at radius 1 is 1.14 bits per heavy atom. The molecule has 4 nitrogen and oxygen atoms in total. The highest BCUT2D eigenvalue weighted by atomic mass is 35.5. The lowest BCUT2D eigenvalue weighted by atomic mass is 9.65. The summed E-state index contributed by atoms with van der Waals surface area (Å²) in [7, 11) is 0. The highest BCUT2D eigenvalue weighted by Crippen LogP contribution is 2.52. The monoisotopic (exact) mass is 423 g/mol. The predicted molar refractivity (Wildman–Crippen MR) is 106 cm³/mol. The van der Waals surface area contributed by atoms with Gasteiger partial charge in [0.1, 0.15) is 11.4 Å². The van der Waals surface area contributed by atoms with E-state index in [4.69, 9.17) is 27.9 Å². The third-order valence-corrected chi connectivity index (χ3v) is 5.32. The fourth-order valence-electron chi connectivity index (χ4n) is 3.40. The number of β-lactam (4-membered cyclic amide) rings is 1. The van der Waals surface area contributed by atoms with Gasteiger partial charge in [-0.15, -0.1) is 0 Å². The number of halogens is 3. The molecule has 0 spiro atoms. The molecule has 1 heterocycles. The number of carbonyl (C=O) groups is 2. The van der Waals surface area contributed by atoms with Crippen LogP contribution in [0.1, 0.15) is 44.9 Å². The maximum atomic E-state index is 14.1. The minimum Gasteiger partial charge on any atom is -0.443 e. The molecule has 1 aliphatic rings. The van der Waals surface area contributed by atoms with E-state index >= 15 is 0 Å². The van der Waals surface area contributed by atoms with Gasteiger partial charge in [0.15, 0.2) is 0 Å². The van der Waals surface area contributed by atoms with Crippen molar-refractivity contribution < 1.29 is 18.7 Å². The Morgan fingerprint density at radius 3 is 2.29 bits per heavy atom. The van der Waals surface area contributed by atoms with Crippen LogP contribution in [-0.2, 0) is 14.9 Å². The fraction of sp³-hybridized carbons (Fsp3) is 0.333. The van der Waals surface area contributed by atoms with Gasteiger partial charge in [0, 0.05) is 5.02 Å². The van der Waals surface area contributed by atoms with Gasteiger partial charge in [-0.3, -0.25) is 4.79 Å². The van der Waals surface area contributed by atoms with E-state index in [2.05, 4.69) is 0 Å². The molecule has 7 heteroatoms. The molecule has 0 radical (unpaired) electrons. The van der Waals surface area contributed by atoms with Crippen molar-refractivity contribution in [1.82, 2.24) is 4.90 Å². The fourth-order valence-corrected chi connectivity index (χ4v) is 3.65. The zero-order chi connectivity index (χ0) is 20.9. The molecule has 0 N–H and O–H groups in total. The third kappa shape index (κ3) is 3.49. The Bertz CT molecular complexity index is 940. The summed E-state index contributed by atoms with van der Waals surface area (Å²) in [5.41, 5.74) is -0.803. The van der Waals surface area contributed by atoms with Gasteiger partial charge in [0.25, 0.3) is 0 Å². The molecular weight excluding hydrogens is 404 g/mol. The van der Waals surface area contributed by atoms with Crippen molar-refractivity contribution >= 4 is 35.2 Å². The Balaban J connectivity index is 2.08. The molecule has 2 atom stereocenters. The molecule has 148 valence electrons. The molecule has 28 heavy (non-hydrogen) atoms. The Morgan fingerprint density at radius 2 is 1.75 bits per heavy atom. The first kappa shape index (κ1) is 20.6. The summed E-state index contributed by atoms with van der Waals surface area (Å²) in [6.07, 6.45) is -0.746. The minimum absolute atomic E-state index is 0.0360. The Labute approximate surface area is 173 Å². The standard InChI is InChI=1S/C21H20Cl2FNO3/c1-20(2,3)28-19(27)25-17(12-5-8-14(22)9-6-12)21(4,18(25)26)13-7-10-15(23)16(24)11-13/h5-11,17H,1-4H3/t17-,21+/m1/s1. The molecule has 0 unspecified atom stereocenters. The smallest absolute Gasteiger partial charge is 0.417 e. The van der Waals surface area contributed by atoms with E-state index in [0.29, 0.717) is 16.1 Å². The maximum Gasteiger partial charge on any atom is 0.417 e. The van der Waals surface area contributed by atoms with Crippen molar-refractivity contribution in [3.63, 3.8) is 0 Å². The van der Waals surface area contributed by atoms with Crippen LogP contribution in [-0.4, -0.2) is 22.5 Å². The second-order valence-corrected chi connectivity index (χ2v) is 8.78. The van der Waals surface area contributed by atoms with E-state index in [9.17, 15) is 14.0 Å². The van der Waals surface area contributed by atoms with Crippen molar-refractivity contribution in [3.8, 4) is 0 Å². The van der Waals surface area contributed by atoms with E-state index in [1.54, 1.807) is 58.0 Å². The summed E-state index contributed by atoms with van der Waals surface area (Å²) >= 11 is 11.8. The van der Waals surface area contributed by atoms with Gasteiger partial charge in [-0.25, -0.2) is 14.1 Å². The summed E-state index contributed by atoms with van der Waals surface area (Å²) in [5.74, 6) is -1.10. The number of carbonyl (C=O) groups excluding carboxylic acids is 2. The Kier molecular flexibility index (Phi) is 5.19. The van der Waals surface area contributed by atoms with Crippen LogP contribution in [0.4, 0.5) is 9.18 Å². The molecule has 1 saturated heterocycles. The molecule has 3 rings (SSSR count). The van der Waals surface area contributed by atoms with Crippen LogP contribution < -0.4 is 0 Å². The van der Waals surface area contributed by atoms with Crippen molar-refractivity contribution in [1.29, 1.82) is 0 Å². The predicted octanol–water partition coefficient (Wildman–Crippen LogP) is 5.91. The SMILES string of the molecule is CC(C)(C)OC(=O)N1C(=O)[C@@](C)(c2ccc(Cl)c(F)c2)[C@H]1c1ccc(Cl)cc1. The lowest BCUT2D eigenvalue weighted by Gasteiger charge is -2.53. The number of ether oxygens (including phenoxy) is 1. The quantitative estimate of drug-likeness (QED) is 0.564. The number of amides is 2. The maximum absolute atomic E-state index is 14.1. The second-order valence-electron chi connectivity index (χ2n) is 7.94. The Hall–Kier alpha value is -2.11. The molecule has 2 amide bonds. The molecule has 0 aliphatic carbocycles. The summed E-state index contributed by atoms with van der Waals surface area (Å²) in [4.78, 5) is 26.9. The summed E-state index contributed by atoms with van der Waals surface area (Å²) in [5, 5.41) is 0.489. The molecule has 1 aliphatic heterocycles. The van der Waals surface area contributed by atoms with Crippen LogP contribution in [0.2, 0.25) is 10.0 Å². The molecule has 2 aromatic carbocycles. The van der Waals surface area contributed by atoms with Crippen LogP contribution in [0, 0.1) is 5.82 Å². The number of imide groups is 1. The molecular formula is C21H20Cl2FNO3. The number of benzene rings is 2. The van der Waals surface area contributed by atoms with Gasteiger partial charge < -0.3 is 4.74 Å². The van der Waals surface area contributed by atoms with E-state index in [-0.39, 0.29) is 5.02 Å². The van der Waals surface area contributed by atoms with E-state index < -0.39 is 34.9 Å². The number of hydrogen-bond donors (Lipinski definition) is 0. The van der Waals surface area contributed by atoms with Crippen LogP contribution in [0.15, 0.2) is 42.5 Å². The average Bonchev–Trinajstić information content (AvgIpc) is 2.60. The summed E-state index contributed by atoms with van der Waals surface area (Å²) in [6, 6.07) is 10.4. The topological polar surface area (TPSA) is 46.6 Å². The molecule has 2 aromatic rings. The van der Waals surface area contributed by atoms with Gasteiger partial charge in [-0.2, -0.15) is 0 Å². The first-order chi connectivity index (χ1) is 12.9. The number of rotatable bonds is 2. The first-order valence-corrected chi connectivity index (χ1v) is 9.48. The highest BCUT2D eigenvalue weighted by molar-refractivity contribution is 6.31. The zero-order valence-electron chi connectivity index (χ0n) is 15.9. The molecule has 0 saturated carbocycles. The van der Waals surface area contributed by atoms with Gasteiger partial charge in [-0.1, -0.05) is 41.4 Å². The van der Waals surface area contributed by atoms with Crippen LogP contribution in [0.25, 0.3) is 0 Å². The normalized spacial score (nSPS) is 22.0. The van der Waals surface area contributed by atoms with Crippen molar-refractivity contribution in [2.45, 2.75) is 44.8 Å². The van der Waals surface area contributed by atoms with Gasteiger partial charge >= 0.3 is 6.09 Å². The minimum atomic E-state index is -1.16. The second kappa shape index (κ2) is 7.05. The average molecular weight is 424 g/mol. The van der Waals surface area contributed by atoms with E-state index in [1.807, 2.05) is 0 Å². The van der Waals surface area contributed by atoms with Gasteiger partial charge in [0.2, 0.25) is 5.91 Å².